The third kappa shape index (κ3) is 6.68. The van der Waals surface area contributed by atoms with E-state index in [1.165, 1.54) is 12.1 Å². The van der Waals surface area contributed by atoms with Crippen LogP contribution in [-0.4, -0.2) is 89.0 Å². The number of piperidine rings is 1. The zero-order valence-electron chi connectivity index (χ0n) is 23.7. The topological polar surface area (TPSA) is 130 Å². The number of likely N-dealkylation sites (tertiary alicyclic amines) is 1. The van der Waals surface area contributed by atoms with E-state index in [1.54, 1.807) is 30.3 Å². The molecule has 1 saturated heterocycles. The minimum atomic E-state index is -1.06. The first kappa shape index (κ1) is 29.0. The Morgan fingerprint density at radius 3 is 2.36 bits per heavy atom. The Balaban J connectivity index is 1.28. The van der Waals surface area contributed by atoms with Crippen molar-refractivity contribution >= 4 is 34.2 Å². The van der Waals surface area contributed by atoms with Crippen molar-refractivity contribution in [3.8, 4) is 5.88 Å². The molecular weight excluding hydrogens is 534 g/mol. The van der Waals surface area contributed by atoms with Gasteiger partial charge in [0.15, 0.2) is 5.88 Å². The van der Waals surface area contributed by atoms with Gasteiger partial charge in [0.25, 0.3) is 5.91 Å². The SMILES string of the molecule is CN(C)C1CCN(CCONC(=O)c2ccc(N=C(c3ccccc3)c3c(O)[nH]c4cc(C(=O)O)ccc34)cc2)CC1. The molecule has 2 heterocycles. The average Bonchev–Trinajstić information content (AvgIpc) is 3.33. The monoisotopic (exact) mass is 569 g/mol. The molecule has 3 aromatic carbocycles. The number of fused-ring (bicyclic) bond motifs is 1. The molecular formula is C32H35N5O5. The van der Waals surface area contributed by atoms with E-state index in [4.69, 9.17) is 9.83 Å². The molecule has 1 aromatic heterocycles. The zero-order valence-corrected chi connectivity index (χ0v) is 23.7. The van der Waals surface area contributed by atoms with Crippen LogP contribution in [-0.2, 0) is 4.84 Å². The van der Waals surface area contributed by atoms with E-state index in [9.17, 15) is 19.8 Å². The number of nitrogens with one attached hydrogen (secondary N) is 2. The molecule has 0 unspecified atom stereocenters. The van der Waals surface area contributed by atoms with Gasteiger partial charge in [-0.3, -0.25) is 9.63 Å². The van der Waals surface area contributed by atoms with E-state index < -0.39 is 5.97 Å². The minimum Gasteiger partial charge on any atom is -0.494 e. The van der Waals surface area contributed by atoms with Crippen molar-refractivity contribution in [2.24, 2.45) is 4.99 Å². The molecule has 10 heteroatoms. The van der Waals surface area contributed by atoms with E-state index in [0.29, 0.717) is 46.1 Å². The van der Waals surface area contributed by atoms with Crippen LogP contribution in [0.15, 0.2) is 77.8 Å². The van der Waals surface area contributed by atoms with Gasteiger partial charge in [0.05, 0.1) is 29.1 Å². The highest BCUT2D eigenvalue weighted by Gasteiger charge is 2.21. The van der Waals surface area contributed by atoms with E-state index >= 15 is 0 Å². The van der Waals surface area contributed by atoms with Crippen molar-refractivity contribution in [2.45, 2.75) is 18.9 Å². The number of hydrogen-bond acceptors (Lipinski definition) is 7. The number of rotatable bonds is 10. The third-order valence-corrected chi connectivity index (χ3v) is 7.64. The van der Waals surface area contributed by atoms with Gasteiger partial charge in [0.2, 0.25) is 0 Å². The molecule has 5 rings (SSSR count). The van der Waals surface area contributed by atoms with E-state index in [2.05, 4.69) is 34.4 Å². The number of carboxylic acid groups (broad SMARTS) is 1. The van der Waals surface area contributed by atoms with Gasteiger partial charge in [0.1, 0.15) is 0 Å². The fourth-order valence-corrected chi connectivity index (χ4v) is 5.24. The van der Waals surface area contributed by atoms with Gasteiger partial charge in [-0.15, -0.1) is 0 Å². The molecule has 0 atom stereocenters. The second-order valence-electron chi connectivity index (χ2n) is 10.6. The number of hydroxylamine groups is 1. The van der Waals surface area contributed by atoms with Crippen LogP contribution in [0.5, 0.6) is 5.88 Å². The number of carbonyl (C=O) groups excluding carboxylic acids is 1. The van der Waals surface area contributed by atoms with Gasteiger partial charge < -0.3 is 25.0 Å². The number of H-pyrrole nitrogens is 1. The summed E-state index contributed by atoms with van der Waals surface area (Å²) in [4.78, 5) is 41.9. The molecule has 0 spiro atoms. The summed E-state index contributed by atoms with van der Waals surface area (Å²) < 4.78 is 0. The largest absolute Gasteiger partial charge is 0.494 e. The van der Waals surface area contributed by atoms with E-state index in [0.717, 1.165) is 38.0 Å². The minimum absolute atomic E-state index is 0.107. The summed E-state index contributed by atoms with van der Waals surface area (Å²) in [6.07, 6.45) is 2.26. The van der Waals surface area contributed by atoms with Crippen molar-refractivity contribution in [1.82, 2.24) is 20.3 Å². The Morgan fingerprint density at radius 1 is 1.00 bits per heavy atom. The fraction of sp³-hybridized carbons (Fsp3) is 0.281. The number of aromatic carboxylic acids is 1. The van der Waals surface area contributed by atoms with Crippen LogP contribution < -0.4 is 5.48 Å². The van der Waals surface area contributed by atoms with Gasteiger partial charge in [-0.1, -0.05) is 36.4 Å². The Hall–Kier alpha value is -4.51. The van der Waals surface area contributed by atoms with Crippen LogP contribution in [0.25, 0.3) is 10.9 Å². The van der Waals surface area contributed by atoms with Crippen molar-refractivity contribution in [1.29, 1.82) is 0 Å². The molecule has 4 aromatic rings. The number of aromatic amines is 1. The van der Waals surface area contributed by atoms with Crippen molar-refractivity contribution in [3.63, 3.8) is 0 Å². The third-order valence-electron chi connectivity index (χ3n) is 7.64. The summed E-state index contributed by atoms with van der Waals surface area (Å²) in [5, 5.41) is 20.9. The second-order valence-corrected chi connectivity index (χ2v) is 10.6. The summed E-state index contributed by atoms with van der Waals surface area (Å²) in [6, 6.07) is 21.4. The van der Waals surface area contributed by atoms with Crippen molar-refractivity contribution < 1.29 is 24.6 Å². The molecule has 1 amide bonds. The molecule has 1 aliphatic heterocycles. The summed E-state index contributed by atoms with van der Waals surface area (Å²) in [5.41, 5.74) is 5.83. The Morgan fingerprint density at radius 2 is 1.69 bits per heavy atom. The first-order valence-corrected chi connectivity index (χ1v) is 13.9. The molecule has 218 valence electrons. The lowest BCUT2D eigenvalue weighted by Gasteiger charge is -2.34. The Kier molecular flexibility index (Phi) is 8.97. The maximum atomic E-state index is 12.7. The van der Waals surface area contributed by atoms with Gasteiger partial charge in [0, 0.05) is 34.6 Å². The van der Waals surface area contributed by atoms with Crippen LogP contribution in [0.1, 0.15) is 44.7 Å². The zero-order chi connectivity index (χ0) is 29.6. The molecule has 0 radical (unpaired) electrons. The summed E-state index contributed by atoms with van der Waals surface area (Å²) in [5.74, 6) is -1.52. The summed E-state index contributed by atoms with van der Waals surface area (Å²) in [6.45, 7) is 3.21. The Bertz CT molecular complexity index is 1570. The summed E-state index contributed by atoms with van der Waals surface area (Å²) in [7, 11) is 4.24. The first-order valence-electron chi connectivity index (χ1n) is 13.9. The summed E-state index contributed by atoms with van der Waals surface area (Å²) >= 11 is 0. The molecule has 10 nitrogen and oxygen atoms in total. The molecule has 4 N–H and O–H groups in total. The second kappa shape index (κ2) is 13.0. The normalized spacial score (nSPS) is 14.9. The molecule has 42 heavy (non-hydrogen) atoms. The van der Waals surface area contributed by atoms with Gasteiger partial charge in [-0.2, -0.15) is 0 Å². The molecule has 0 saturated carbocycles. The highest BCUT2D eigenvalue weighted by molar-refractivity contribution is 6.22. The molecule has 1 aliphatic rings. The number of aromatic hydroxyl groups is 1. The maximum absolute atomic E-state index is 12.7. The fourth-order valence-electron chi connectivity index (χ4n) is 5.24. The van der Waals surface area contributed by atoms with Crippen LogP contribution in [0, 0.1) is 0 Å². The molecule has 0 bridgehead atoms. The van der Waals surface area contributed by atoms with E-state index in [1.807, 2.05) is 30.3 Å². The van der Waals surface area contributed by atoms with Gasteiger partial charge in [-0.05, 0) is 76.4 Å². The number of carboxylic acids is 1. The lowest BCUT2D eigenvalue weighted by molar-refractivity contribution is 0.0178. The van der Waals surface area contributed by atoms with E-state index in [-0.39, 0.29) is 17.4 Å². The Labute approximate surface area is 244 Å². The van der Waals surface area contributed by atoms with Gasteiger partial charge >= 0.3 is 5.97 Å². The van der Waals surface area contributed by atoms with Crippen LogP contribution >= 0.6 is 0 Å². The molecule has 1 fully saturated rings. The number of aliphatic imine (C=N–C) groups is 1. The maximum Gasteiger partial charge on any atom is 0.335 e. The average molecular weight is 570 g/mol. The predicted molar refractivity (Wildman–Crippen MR) is 162 cm³/mol. The number of carbonyl (C=O) groups is 2. The van der Waals surface area contributed by atoms with Crippen molar-refractivity contribution in [3.05, 3.63) is 95.1 Å². The van der Waals surface area contributed by atoms with Crippen LogP contribution in [0.2, 0.25) is 0 Å². The number of hydrogen-bond donors (Lipinski definition) is 4. The number of benzene rings is 3. The quantitative estimate of drug-likeness (QED) is 0.126. The lowest BCUT2D eigenvalue weighted by Crippen LogP contribution is -2.43. The van der Waals surface area contributed by atoms with Crippen LogP contribution in [0.3, 0.4) is 0 Å². The molecule has 0 aliphatic carbocycles. The van der Waals surface area contributed by atoms with Crippen molar-refractivity contribution in [2.75, 3.05) is 40.3 Å². The van der Waals surface area contributed by atoms with Gasteiger partial charge in [-0.25, -0.2) is 15.3 Å². The number of aromatic nitrogens is 1. The highest BCUT2D eigenvalue weighted by Crippen LogP contribution is 2.32. The number of amides is 1. The van der Waals surface area contributed by atoms with Crippen LogP contribution in [0.4, 0.5) is 5.69 Å². The first-order chi connectivity index (χ1) is 20.3. The predicted octanol–water partition coefficient (Wildman–Crippen LogP) is 4.43. The number of nitrogens with zero attached hydrogens (tertiary/aromatic N) is 3. The highest BCUT2D eigenvalue weighted by atomic mass is 16.7. The standard InChI is InChI=1S/C32H35N5O5/c1-36(2)25-14-16-37(17-15-25)18-19-42-35-30(38)22-8-11-24(12-9-22)33-29(21-6-4-3-5-7-21)28-26-13-10-23(32(40)41)20-27(26)34-31(28)39/h3-13,20,25,34,39H,14-19H2,1-2H3,(H,35,38)(H,40,41). The smallest absolute Gasteiger partial charge is 0.335 e. The lowest BCUT2D eigenvalue weighted by atomic mass is 10.00.